The van der Waals surface area contributed by atoms with Crippen LogP contribution in [-0.4, -0.2) is 193 Å². The Kier molecular flexibility index (Phi) is 54.3. The lowest BCUT2D eigenvalue weighted by Crippen LogP contribution is -2.66. The van der Waals surface area contributed by atoms with Gasteiger partial charge in [0.15, 0.2) is 18.9 Å². The number of hydrogen-bond donors (Lipinski definition) is 12. The molecule has 0 spiro atoms. The lowest BCUT2D eigenvalue weighted by atomic mass is 9.96. The molecule has 17 atom stereocenters. The van der Waals surface area contributed by atoms with Gasteiger partial charge in [-0.2, -0.15) is 0 Å². The highest BCUT2D eigenvalue weighted by molar-refractivity contribution is 5.76. The van der Waals surface area contributed by atoms with E-state index in [4.69, 9.17) is 28.4 Å². The number of nitrogens with one attached hydrogen (secondary N) is 1. The average molecular weight is 1410 g/mol. The Hall–Kier alpha value is -4.07. The second-order valence-electron chi connectivity index (χ2n) is 26.7. The zero-order valence-corrected chi connectivity index (χ0v) is 60.9. The van der Waals surface area contributed by atoms with Gasteiger partial charge >= 0.3 is 0 Å². The molecule has 0 aliphatic carbocycles. The van der Waals surface area contributed by atoms with Crippen LogP contribution in [0.4, 0.5) is 0 Å². The van der Waals surface area contributed by atoms with E-state index in [-0.39, 0.29) is 18.9 Å². The smallest absolute Gasteiger partial charge is 0.220 e. The average Bonchev–Trinajstić information content (AvgIpc) is 0.783. The molecule has 572 valence electrons. The molecule has 100 heavy (non-hydrogen) atoms. The van der Waals surface area contributed by atoms with Crippen molar-refractivity contribution in [2.24, 2.45) is 0 Å². The van der Waals surface area contributed by atoms with Crippen molar-refractivity contribution in [2.45, 2.75) is 343 Å². The molecule has 0 saturated carbocycles. The van der Waals surface area contributed by atoms with E-state index in [1.807, 2.05) is 6.08 Å². The molecule has 3 saturated heterocycles. The van der Waals surface area contributed by atoms with Crippen LogP contribution in [0.25, 0.3) is 0 Å². The summed E-state index contributed by atoms with van der Waals surface area (Å²) in [4.78, 5) is 13.4. The molecule has 3 aliphatic heterocycles. The Balaban J connectivity index is 1.40. The van der Waals surface area contributed by atoms with Gasteiger partial charge in [0, 0.05) is 6.42 Å². The number of carbonyl (C=O) groups is 1. The maximum absolute atomic E-state index is 13.4. The van der Waals surface area contributed by atoms with Crippen LogP contribution >= 0.6 is 0 Å². The lowest BCUT2D eigenvalue weighted by molar-refractivity contribution is -0.379. The third-order valence-electron chi connectivity index (χ3n) is 18.2. The van der Waals surface area contributed by atoms with Crippen molar-refractivity contribution < 1.29 is 89.4 Å². The van der Waals surface area contributed by atoms with E-state index in [9.17, 15) is 61.0 Å². The Morgan fingerprint density at radius 1 is 0.370 bits per heavy atom. The Morgan fingerprint density at radius 3 is 1.08 bits per heavy atom. The maximum Gasteiger partial charge on any atom is 0.220 e. The molecule has 0 radical (unpaired) electrons. The van der Waals surface area contributed by atoms with Crippen molar-refractivity contribution >= 4 is 5.91 Å². The van der Waals surface area contributed by atoms with E-state index >= 15 is 0 Å². The summed E-state index contributed by atoms with van der Waals surface area (Å²) < 4.78 is 34.4. The SMILES string of the molecule is CC/C=C\C/C=C\C/C=C\C/C=C\C/C=C\C/C=C\C/C=C\C/C=C\C/C=C\C/C=C\CCCCCCC(=O)NC(COC1OC(CO)C(OC2OC(CO)C(OC3OC(CO)C(O)C(O)C3O)C(O)C2O)C(O)C1O)C(O)/C=C/CCCCCCCCCCCCCCCCCCCC. The zero-order valence-electron chi connectivity index (χ0n) is 60.9. The van der Waals surface area contributed by atoms with Gasteiger partial charge < -0.3 is 89.9 Å². The van der Waals surface area contributed by atoms with Crippen molar-refractivity contribution in [3.05, 3.63) is 134 Å². The van der Waals surface area contributed by atoms with Crippen molar-refractivity contribution in [2.75, 3.05) is 26.4 Å². The number of allylic oxidation sites excluding steroid dienone is 21. The van der Waals surface area contributed by atoms with Crippen molar-refractivity contribution in [3.8, 4) is 0 Å². The molecule has 19 nitrogen and oxygen atoms in total. The normalized spacial score (nSPS) is 27.2. The van der Waals surface area contributed by atoms with Gasteiger partial charge in [0.05, 0.1) is 38.6 Å². The fraction of sp³-hybridized carbons (Fsp3) is 0.716. The van der Waals surface area contributed by atoms with Crippen molar-refractivity contribution in [1.29, 1.82) is 0 Å². The highest BCUT2D eigenvalue weighted by Gasteiger charge is 2.53. The van der Waals surface area contributed by atoms with E-state index in [1.54, 1.807) is 6.08 Å². The second-order valence-corrected chi connectivity index (χ2v) is 26.7. The van der Waals surface area contributed by atoms with Gasteiger partial charge in [-0.05, 0) is 96.3 Å². The second kappa shape index (κ2) is 60.2. The highest BCUT2D eigenvalue weighted by Crippen LogP contribution is 2.33. The molecule has 0 aromatic carbocycles. The number of ether oxygens (including phenoxy) is 6. The molecule has 1 amide bonds. The van der Waals surface area contributed by atoms with E-state index in [0.29, 0.717) is 6.42 Å². The summed E-state index contributed by atoms with van der Waals surface area (Å²) in [5.74, 6) is -0.304. The number of aliphatic hydroxyl groups is 11. The van der Waals surface area contributed by atoms with Gasteiger partial charge in [-0.1, -0.05) is 270 Å². The minimum Gasteiger partial charge on any atom is -0.394 e. The van der Waals surface area contributed by atoms with Crippen LogP contribution < -0.4 is 5.32 Å². The molecular formula is C81H135NO18. The minimum atomic E-state index is -1.99. The topological polar surface area (TPSA) is 307 Å². The molecule has 12 N–H and O–H groups in total. The number of aliphatic hydroxyl groups excluding tert-OH is 11. The molecule has 19 heteroatoms. The fourth-order valence-electron chi connectivity index (χ4n) is 12.0. The van der Waals surface area contributed by atoms with Crippen LogP contribution in [0.5, 0.6) is 0 Å². The third kappa shape index (κ3) is 40.3. The fourth-order valence-corrected chi connectivity index (χ4v) is 12.0. The molecule has 3 fully saturated rings. The molecule has 3 heterocycles. The first-order chi connectivity index (χ1) is 48.8. The summed E-state index contributed by atoms with van der Waals surface area (Å²) in [6.07, 6.45) is 58.5. The molecular weight excluding hydrogens is 1270 g/mol. The van der Waals surface area contributed by atoms with Crippen LogP contribution in [-0.2, 0) is 33.2 Å². The Morgan fingerprint density at radius 2 is 0.690 bits per heavy atom. The third-order valence-corrected chi connectivity index (χ3v) is 18.2. The molecule has 3 aliphatic rings. The highest BCUT2D eigenvalue weighted by atomic mass is 16.8. The van der Waals surface area contributed by atoms with Crippen LogP contribution in [0.2, 0.25) is 0 Å². The summed E-state index contributed by atoms with van der Waals surface area (Å²) in [7, 11) is 0. The van der Waals surface area contributed by atoms with E-state index < -0.39 is 124 Å². The number of rotatable bonds is 58. The van der Waals surface area contributed by atoms with Crippen LogP contribution in [0.3, 0.4) is 0 Å². The minimum absolute atomic E-state index is 0.205. The first-order valence-corrected chi connectivity index (χ1v) is 38.4. The summed E-state index contributed by atoms with van der Waals surface area (Å²) >= 11 is 0. The van der Waals surface area contributed by atoms with Gasteiger partial charge in [-0.25, -0.2) is 0 Å². The standard InChI is InChI=1S/C81H135NO18/c1-3-5-7-9-11-13-15-17-19-21-23-25-26-27-28-29-30-31-32-33-34-35-36-37-38-39-41-43-45-47-49-51-53-55-57-59-69(87)82-64(65(86)58-56-54-52-50-48-46-44-42-40-24-22-20-18-16-14-12-10-8-6-4-2)63-95-79-75(93)72(90)77(67(61-84)97-79)100-81-76(94)73(91)78(68(62-85)98-81)99-80-74(92)71(89)70(88)66(60-83)96-80/h5,7,11,13,17,19,23,25,27-28,30-31,33-34,36-37,39,41,45,47,56,58,64-68,70-81,83-86,88-94H,3-4,6,8-10,12,14-16,18,20-22,24,26,29,32,35,38,40,42-44,46,48-55,57,59-63H2,1-2H3,(H,82,87)/b7-5-,13-11-,19-17-,25-23-,28-27-,31-30-,34-33-,37-36-,41-39-,47-45-,58-56+. The van der Waals surface area contributed by atoms with E-state index in [1.165, 1.54) is 96.3 Å². The van der Waals surface area contributed by atoms with Gasteiger partial charge in [-0.15, -0.1) is 0 Å². The number of carbonyl (C=O) groups excluding carboxylic acids is 1. The summed E-state index contributed by atoms with van der Waals surface area (Å²) in [5, 5.41) is 121. The van der Waals surface area contributed by atoms with Gasteiger partial charge in [0.2, 0.25) is 5.91 Å². The van der Waals surface area contributed by atoms with Gasteiger partial charge in [-0.3, -0.25) is 4.79 Å². The zero-order chi connectivity index (χ0) is 72.5. The van der Waals surface area contributed by atoms with Crippen molar-refractivity contribution in [3.63, 3.8) is 0 Å². The molecule has 17 unspecified atom stereocenters. The number of unbranched alkanes of at least 4 members (excludes halogenated alkanes) is 22. The predicted molar refractivity (Wildman–Crippen MR) is 396 cm³/mol. The monoisotopic (exact) mass is 1410 g/mol. The molecule has 3 rings (SSSR count). The van der Waals surface area contributed by atoms with Gasteiger partial charge in [0.1, 0.15) is 73.2 Å². The van der Waals surface area contributed by atoms with Gasteiger partial charge in [0.25, 0.3) is 0 Å². The van der Waals surface area contributed by atoms with Crippen LogP contribution in [0.1, 0.15) is 239 Å². The predicted octanol–water partition coefficient (Wildman–Crippen LogP) is 12.1. The summed E-state index contributed by atoms with van der Waals surface area (Å²) in [6, 6.07) is -0.998. The first-order valence-electron chi connectivity index (χ1n) is 38.4. The van der Waals surface area contributed by atoms with E-state index in [2.05, 4.69) is 141 Å². The largest absolute Gasteiger partial charge is 0.394 e. The summed E-state index contributed by atoms with van der Waals surface area (Å²) in [5.41, 5.74) is 0. The quantitative estimate of drug-likeness (QED) is 0.0199. The number of hydrogen-bond acceptors (Lipinski definition) is 18. The van der Waals surface area contributed by atoms with Crippen LogP contribution in [0, 0.1) is 0 Å². The Bertz CT molecular complexity index is 2330. The van der Waals surface area contributed by atoms with Crippen LogP contribution in [0.15, 0.2) is 134 Å². The molecule has 0 aromatic rings. The van der Waals surface area contributed by atoms with E-state index in [0.717, 1.165) is 116 Å². The maximum atomic E-state index is 13.4. The van der Waals surface area contributed by atoms with Crippen molar-refractivity contribution in [1.82, 2.24) is 5.32 Å². The number of amides is 1. The summed E-state index contributed by atoms with van der Waals surface area (Å²) in [6.45, 7) is 1.60. The first kappa shape index (κ1) is 90.1. The lowest BCUT2D eigenvalue weighted by Gasteiger charge is -2.48. The molecule has 0 bridgehead atoms. The molecule has 0 aromatic heterocycles. The Labute approximate surface area is 600 Å².